The van der Waals surface area contributed by atoms with E-state index in [0.29, 0.717) is 13.2 Å². The Morgan fingerprint density at radius 1 is 1.67 bits per heavy atom. The van der Waals surface area contributed by atoms with Gasteiger partial charge in [-0.25, -0.2) is 4.39 Å². The lowest BCUT2D eigenvalue weighted by molar-refractivity contribution is -0.00506. The van der Waals surface area contributed by atoms with Crippen LogP contribution in [0.4, 0.5) is 4.39 Å². The molecule has 0 N–H and O–H groups in total. The SMILES string of the molecule is COC[C@@]12COCCCN1C/C(=C/F)C2. The van der Waals surface area contributed by atoms with Crippen molar-refractivity contribution >= 4 is 0 Å². The summed E-state index contributed by atoms with van der Waals surface area (Å²) in [5.41, 5.74) is 0.737. The van der Waals surface area contributed by atoms with Crippen LogP contribution in [0.5, 0.6) is 0 Å². The fourth-order valence-electron chi connectivity index (χ4n) is 2.61. The quantitative estimate of drug-likeness (QED) is 0.694. The van der Waals surface area contributed by atoms with Crippen molar-refractivity contribution in [1.82, 2.24) is 4.90 Å². The minimum absolute atomic E-state index is 0.122. The van der Waals surface area contributed by atoms with Gasteiger partial charge in [0.2, 0.25) is 0 Å². The van der Waals surface area contributed by atoms with Crippen molar-refractivity contribution in [3.8, 4) is 0 Å². The van der Waals surface area contributed by atoms with Crippen LogP contribution in [0.15, 0.2) is 11.9 Å². The standard InChI is InChI=1S/C11H18FNO2/c1-14-8-11-5-10(6-12)7-13(11)3-2-4-15-9-11/h6H,2-5,7-9H2,1H3/b10-6+/t11-/m0/s1. The van der Waals surface area contributed by atoms with Gasteiger partial charge in [0.1, 0.15) is 0 Å². The van der Waals surface area contributed by atoms with Crippen LogP contribution in [0, 0.1) is 0 Å². The highest BCUT2D eigenvalue weighted by atomic mass is 19.1. The van der Waals surface area contributed by atoms with Gasteiger partial charge >= 0.3 is 0 Å². The van der Waals surface area contributed by atoms with Gasteiger partial charge in [-0.3, -0.25) is 4.90 Å². The molecule has 2 saturated heterocycles. The number of ether oxygens (including phenoxy) is 2. The fourth-order valence-corrected chi connectivity index (χ4v) is 2.61. The van der Waals surface area contributed by atoms with E-state index in [-0.39, 0.29) is 5.54 Å². The minimum Gasteiger partial charge on any atom is -0.383 e. The lowest BCUT2D eigenvalue weighted by Gasteiger charge is -2.35. The molecule has 0 amide bonds. The Morgan fingerprint density at radius 3 is 3.27 bits per heavy atom. The molecule has 2 heterocycles. The maximum atomic E-state index is 12.6. The third kappa shape index (κ3) is 2.07. The zero-order chi connectivity index (χ0) is 10.7. The summed E-state index contributed by atoms with van der Waals surface area (Å²) in [5.74, 6) is 0. The molecule has 0 aliphatic carbocycles. The average molecular weight is 215 g/mol. The highest BCUT2D eigenvalue weighted by Gasteiger charge is 2.44. The zero-order valence-electron chi connectivity index (χ0n) is 9.17. The normalized spacial score (nSPS) is 35.5. The summed E-state index contributed by atoms with van der Waals surface area (Å²) in [6.45, 7) is 3.77. The third-order valence-corrected chi connectivity index (χ3v) is 3.28. The van der Waals surface area contributed by atoms with E-state index in [1.54, 1.807) is 7.11 Å². The number of rotatable bonds is 2. The molecule has 2 fully saturated rings. The van der Waals surface area contributed by atoms with Crippen LogP contribution in [-0.4, -0.2) is 50.5 Å². The number of halogens is 1. The molecule has 0 unspecified atom stereocenters. The molecule has 0 aromatic rings. The monoisotopic (exact) mass is 215 g/mol. The van der Waals surface area contributed by atoms with Gasteiger partial charge < -0.3 is 9.47 Å². The van der Waals surface area contributed by atoms with Crippen molar-refractivity contribution in [3.05, 3.63) is 11.9 Å². The molecule has 2 aliphatic heterocycles. The van der Waals surface area contributed by atoms with Gasteiger partial charge in [0.15, 0.2) is 0 Å². The van der Waals surface area contributed by atoms with E-state index in [9.17, 15) is 4.39 Å². The van der Waals surface area contributed by atoms with Gasteiger partial charge in [0, 0.05) is 26.8 Å². The van der Waals surface area contributed by atoms with Crippen LogP contribution in [0.25, 0.3) is 0 Å². The topological polar surface area (TPSA) is 21.7 Å². The van der Waals surface area contributed by atoms with Crippen LogP contribution in [-0.2, 0) is 9.47 Å². The second-order valence-electron chi connectivity index (χ2n) is 4.43. The molecule has 0 aromatic heterocycles. The first kappa shape index (κ1) is 11.0. The largest absolute Gasteiger partial charge is 0.383 e. The summed E-state index contributed by atoms with van der Waals surface area (Å²) in [4.78, 5) is 2.30. The van der Waals surface area contributed by atoms with E-state index in [1.807, 2.05) is 0 Å². The van der Waals surface area contributed by atoms with Gasteiger partial charge in [-0.15, -0.1) is 0 Å². The first-order chi connectivity index (χ1) is 7.30. The Hall–Kier alpha value is -0.450. The molecule has 0 bridgehead atoms. The maximum Gasteiger partial charge on any atom is 0.0872 e. The molecule has 0 radical (unpaired) electrons. The predicted octanol–water partition coefficient (Wildman–Crippen LogP) is 1.35. The van der Waals surface area contributed by atoms with Crippen molar-refractivity contribution in [2.75, 3.05) is 40.0 Å². The van der Waals surface area contributed by atoms with Crippen LogP contribution < -0.4 is 0 Å². The van der Waals surface area contributed by atoms with Crippen molar-refractivity contribution in [2.45, 2.75) is 18.4 Å². The van der Waals surface area contributed by atoms with E-state index in [0.717, 1.165) is 44.4 Å². The van der Waals surface area contributed by atoms with Crippen LogP contribution in [0.3, 0.4) is 0 Å². The van der Waals surface area contributed by atoms with Crippen molar-refractivity contribution in [2.24, 2.45) is 0 Å². The molecule has 3 nitrogen and oxygen atoms in total. The Labute approximate surface area is 89.8 Å². The van der Waals surface area contributed by atoms with Gasteiger partial charge in [-0.2, -0.15) is 0 Å². The second-order valence-corrected chi connectivity index (χ2v) is 4.43. The lowest BCUT2D eigenvalue weighted by atomic mass is 9.97. The molecule has 15 heavy (non-hydrogen) atoms. The molecule has 0 aromatic carbocycles. The number of nitrogens with zero attached hydrogens (tertiary/aromatic N) is 1. The van der Waals surface area contributed by atoms with E-state index in [2.05, 4.69) is 4.90 Å². The Balaban J connectivity index is 2.17. The second kappa shape index (κ2) is 4.60. The predicted molar refractivity (Wildman–Crippen MR) is 55.4 cm³/mol. The lowest BCUT2D eigenvalue weighted by Crippen LogP contribution is -2.50. The summed E-state index contributed by atoms with van der Waals surface area (Å²) in [6, 6.07) is 0. The van der Waals surface area contributed by atoms with E-state index >= 15 is 0 Å². The summed E-state index contributed by atoms with van der Waals surface area (Å²) in [5, 5.41) is 0. The molecule has 2 rings (SSSR count). The molecule has 86 valence electrons. The number of hydrogen-bond acceptors (Lipinski definition) is 3. The molecule has 0 spiro atoms. The first-order valence-electron chi connectivity index (χ1n) is 5.40. The summed E-state index contributed by atoms with van der Waals surface area (Å²) < 4.78 is 23.4. The maximum absolute atomic E-state index is 12.6. The molecular formula is C11H18FNO2. The van der Waals surface area contributed by atoms with Crippen LogP contribution in [0.2, 0.25) is 0 Å². The Bertz CT molecular complexity index is 257. The van der Waals surface area contributed by atoms with Crippen LogP contribution in [0.1, 0.15) is 12.8 Å². The van der Waals surface area contributed by atoms with Crippen molar-refractivity contribution in [1.29, 1.82) is 0 Å². The smallest absolute Gasteiger partial charge is 0.0872 e. The molecule has 0 saturated carbocycles. The van der Waals surface area contributed by atoms with Gasteiger partial charge in [-0.05, 0) is 18.4 Å². The van der Waals surface area contributed by atoms with Crippen molar-refractivity contribution < 1.29 is 13.9 Å². The molecule has 1 atom stereocenters. The highest BCUT2D eigenvalue weighted by molar-refractivity contribution is 5.17. The van der Waals surface area contributed by atoms with E-state index in [1.165, 1.54) is 0 Å². The molecular weight excluding hydrogens is 197 g/mol. The fraction of sp³-hybridized carbons (Fsp3) is 0.818. The van der Waals surface area contributed by atoms with Gasteiger partial charge in [-0.1, -0.05) is 0 Å². The first-order valence-corrected chi connectivity index (χ1v) is 5.40. The summed E-state index contributed by atoms with van der Waals surface area (Å²) in [7, 11) is 1.69. The van der Waals surface area contributed by atoms with Crippen LogP contribution >= 0.6 is 0 Å². The average Bonchev–Trinajstić information content (AvgIpc) is 2.47. The third-order valence-electron chi connectivity index (χ3n) is 3.28. The number of fused-ring (bicyclic) bond motifs is 1. The van der Waals surface area contributed by atoms with Crippen molar-refractivity contribution in [3.63, 3.8) is 0 Å². The Kier molecular flexibility index (Phi) is 3.38. The van der Waals surface area contributed by atoms with Gasteiger partial charge in [0.25, 0.3) is 0 Å². The summed E-state index contributed by atoms with van der Waals surface area (Å²) >= 11 is 0. The number of methoxy groups -OCH3 is 1. The van der Waals surface area contributed by atoms with Gasteiger partial charge in [0.05, 0.1) is 25.1 Å². The van der Waals surface area contributed by atoms with E-state index in [4.69, 9.17) is 9.47 Å². The van der Waals surface area contributed by atoms with E-state index < -0.39 is 0 Å². The Morgan fingerprint density at radius 2 is 2.53 bits per heavy atom. The minimum atomic E-state index is -0.122. The highest BCUT2D eigenvalue weighted by Crippen LogP contribution is 2.35. The zero-order valence-corrected chi connectivity index (χ0v) is 9.17. The summed E-state index contributed by atoms with van der Waals surface area (Å²) in [6.07, 6.45) is 2.49. The molecule has 2 aliphatic rings. The molecule has 4 heteroatoms. The number of hydrogen-bond donors (Lipinski definition) is 0.